The molecule has 0 spiro atoms. The topological polar surface area (TPSA) is 134 Å². The molecule has 226 valence electrons. The van der Waals surface area contributed by atoms with Crippen molar-refractivity contribution in [2.24, 2.45) is 5.92 Å². The minimum absolute atomic E-state index is 0.110. The number of amides is 4. The molecule has 2 saturated heterocycles. The lowest BCUT2D eigenvalue weighted by Crippen LogP contribution is -2.55. The van der Waals surface area contributed by atoms with Crippen molar-refractivity contribution < 1.29 is 33.4 Å². The number of benzene rings is 1. The fourth-order valence-electron chi connectivity index (χ4n) is 5.16. The van der Waals surface area contributed by atoms with Gasteiger partial charge in [-0.05, 0) is 64.4 Å². The Morgan fingerprint density at radius 3 is 2.22 bits per heavy atom. The maximum atomic E-state index is 13.5. The van der Waals surface area contributed by atoms with Gasteiger partial charge in [-0.3, -0.25) is 14.4 Å². The van der Waals surface area contributed by atoms with Gasteiger partial charge in [0, 0.05) is 13.1 Å². The summed E-state index contributed by atoms with van der Waals surface area (Å²) in [5.74, 6) is -1.52. The first kappa shape index (κ1) is 31.9. The Morgan fingerprint density at radius 2 is 1.59 bits per heavy atom. The molecule has 41 heavy (non-hydrogen) atoms. The summed E-state index contributed by atoms with van der Waals surface area (Å²) in [6, 6.07) is 7.02. The molecule has 2 heterocycles. The molecule has 2 aliphatic heterocycles. The highest BCUT2D eigenvalue weighted by molar-refractivity contribution is 5.94. The number of carbonyl (C=O) groups is 5. The van der Waals surface area contributed by atoms with Gasteiger partial charge in [0.2, 0.25) is 17.7 Å². The molecule has 1 aromatic rings. The molecule has 3 unspecified atom stereocenters. The normalized spacial score (nSPS) is 19.6. The Labute approximate surface area is 242 Å². The van der Waals surface area contributed by atoms with Gasteiger partial charge in [-0.2, -0.15) is 0 Å². The van der Waals surface area contributed by atoms with E-state index in [-0.39, 0.29) is 30.9 Å². The zero-order chi connectivity index (χ0) is 30.2. The van der Waals surface area contributed by atoms with E-state index in [1.165, 1.54) is 9.80 Å². The van der Waals surface area contributed by atoms with Crippen LogP contribution in [0.4, 0.5) is 4.79 Å². The number of esters is 1. The first-order chi connectivity index (χ1) is 19.4. The lowest BCUT2D eigenvalue weighted by Gasteiger charge is -2.30. The van der Waals surface area contributed by atoms with E-state index in [9.17, 15) is 24.0 Å². The van der Waals surface area contributed by atoms with E-state index in [1.807, 2.05) is 44.2 Å². The minimum atomic E-state index is -0.841. The average Bonchev–Trinajstić information content (AvgIpc) is 3.59. The van der Waals surface area contributed by atoms with Crippen LogP contribution in [0.3, 0.4) is 0 Å². The first-order valence-electron chi connectivity index (χ1n) is 14.4. The summed E-state index contributed by atoms with van der Waals surface area (Å²) in [5, 5.41) is 5.34. The van der Waals surface area contributed by atoms with Crippen LogP contribution in [0.15, 0.2) is 30.3 Å². The molecule has 0 bridgehead atoms. The molecular formula is C30H44N4O7. The molecule has 2 fully saturated rings. The Bertz CT molecular complexity index is 1090. The van der Waals surface area contributed by atoms with Gasteiger partial charge in [0.15, 0.2) is 0 Å². The number of likely N-dealkylation sites (tertiary alicyclic amines) is 2. The summed E-state index contributed by atoms with van der Waals surface area (Å²) >= 11 is 0. The van der Waals surface area contributed by atoms with Gasteiger partial charge in [0.05, 0.1) is 6.54 Å². The van der Waals surface area contributed by atoms with Crippen LogP contribution in [-0.4, -0.2) is 82.9 Å². The van der Waals surface area contributed by atoms with Gasteiger partial charge < -0.3 is 29.9 Å². The predicted octanol–water partition coefficient (Wildman–Crippen LogP) is 2.77. The second kappa shape index (κ2) is 14.3. The van der Waals surface area contributed by atoms with E-state index in [0.29, 0.717) is 45.2 Å². The van der Waals surface area contributed by atoms with Crippen LogP contribution in [0, 0.1) is 5.92 Å². The summed E-state index contributed by atoms with van der Waals surface area (Å²) in [4.78, 5) is 67.7. The highest BCUT2D eigenvalue weighted by Gasteiger charge is 2.39. The maximum Gasteiger partial charge on any atom is 0.408 e. The molecule has 0 saturated carbocycles. The molecule has 0 aliphatic carbocycles. The minimum Gasteiger partial charge on any atom is -0.459 e. The molecule has 3 atom stereocenters. The van der Waals surface area contributed by atoms with E-state index < -0.39 is 41.7 Å². The standard InChI is InChI=1S/C30H44N4O7/c1-20(2)17-22(32-29(39)41-30(3,4)5)27(37)34-16-9-13-23(34)26(36)31-18-25(35)33-15-10-14-24(33)28(38)40-19-21-11-7-6-8-12-21/h6-8,11-12,20,22-24H,9-10,13-19H2,1-5H3,(H,31,36)(H,32,39). The van der Waals surface area contributed by atoms with Crippen LogP contribution in [-0.2, 0) is 35.3 Å². The number of carbonyl (C=O) groups excluding carboxylic acids is 5. The Balaban J connectivity index is 1.55. The largest absolute Gasteiger partial charge is 0.459 e. The third-order valence-corrected chi connectivity index (χ3v) is 7.02. The van der Waals surface area contributed by atoms with E-state index in [0.717, 1.165) is 5.56 Å². The van der Waals surface area contributed by atoms with Crippen LogP contribution in [0.25, 0.3) is 0 Å². The smallest absolute Gasteiger partial charge is 0.408 e. The molecule has 1 aromatic carbocycles. The van der Waals surface area contributed by atoms with Gasteiger partial charge in [0.1, 0.15) is 30.3 Å². The van der Waals surface area contributed by atoms with Crippen molar-refractivity contribution in [2.75, 3.05) is 19.6 Å². The summed E-state index contributed by atoms with van der Waals surface area (Å²) in [6.07, 6.45) is 1.94. The van der Waals surface area contributed by atoms with Crippen molar-refractivity contribution in [3.05, 3.63) is 35.9 Å². The highest BCUT2D eigenvalue weighted by Crippen LogP contribution is 2.22. The summed E-state index contributed by atoms with van der Waals surface area (Å²) < 4.78 is 10.8. The monoisotopic (exact) mass is 572 g/mol. The lowest BCUT2D eigenvalue weighted by molar-refractivity contribution is -0.154. The second-order valence-electron chi connectivity index (χ2n) is 12.1. The molecule has 3 rings (SSSR count). The molecule has 0 aromatic heterocycles. The van der Waals surface area contributed by atoms with Crippen molar-refractivity contribution in [1.82, 2.24) is 20.4 Å². The van der Waals surface area contributed by atoms with E-state index in [2.05, 4.69) is 10.6 Å². The van der Waals surface area contributed by atoms with Crippen molar-refractivity contribution in [3.8, 4) is 0 Å². The van der Waals surface area contributed by atoms with Crippen molar-refractivity contribution in [1.29, 1.82) is 0 Å². The molecule has 11 nitrogen and oxygen atoms in total. The fraction of sp³-hybridized carbons (Fsp3) is 0.633. The molecular weight excluding hydrogens is 528 g/mol. The van der Waals surface area contributed by atoms with E-state index in [4.69, 9.17) is 9.47 Å². The zero-order valence-corrected chi connectivity index (χ0v) is 24.8. The van der Waals surface area contributed by atoms with Gasteiger partial charge in [-0.1, -0.05) is 44.2 Å². The van der Waals surface area contributed by atoms with Crippen LogP contribution < -0.4 is 10.6 Å². The highest BCUT2D eigenvalue weighted by atomic mass is 16.6. The average molecular weight is 573 g/mol. The lowest BCUT2D eigenvalue weighted by atomic mass is 10.0. The number of nitrogens with zero attached hydrogens (tertiary/aromatic N) is 2. The number of hydrogen-bond acceptors (Lipinski definition) is 7. The van der Waals surface area contributed by atoms with Crippen molar-refractivity contribution in [3.63, 3.8) is 0 Å². The third kappa shape index (κ3) is 9.47. The van der Waals surface area contributed by atoms with E-state index in [1.54, 1.807) is 20.8 Å². The molecule has 0 radical (unpaired) electrons. The Kier molecular flexibility index (Phi) is 11.1. The number of rotatable bonds is 10. The van der Waals surface area contributed by atoms with Crippen LogP contribution in [0.1, 0.15) is 72.3 Å². The van der Waals surface area contributed by atoms with Gasteiger partial charge in [0.25, 0.3) is 0 Å². The summed E-state index contributed by atoms with van der Waals surface area (Å²) in [5.41, 5.74) is 0.141. The zero-order valence-electron chi connectivity index (χ0n) is 24.8. The summed E-state index contributed by atoms with van der Waals surface area (Å²) in [7, 11) is 0. The predicted molar refractivity (Wildman–Crippen MR) is 151 cm³/mol. The molecule has 11 heteroatoms. The molecule has 2 N–H and O–H groups in total. The molecule has 2 aliphatic rings. The van der Waals surface area contributed by atoms with Gasteiger partial charge in [-0.15, -0.1) is 0 Å². The van der Waals surface area contributed by atoms with Crippen LogP contribution in [0.5, 0.6) is 0 Å². The SMILES string of the molecule is CC(C)CC(NC(=O)OC(C)(C)C)C(=O)N1CCCC1C(=O)NCC(=O)N1CCCC1C(=O)OCc1ccccc1. The number of alkyl carbamates (subject to hydrolysis) is 1. The Hall–Kier alpha value is -3.63. The number of hydrogen-bond donors (Lipinski definition) is 2. The number of ether oxygens (including phenoxy) is 2. The maximum absolute atomic E-state index is 13.5. The van der Waals surface area contributed by atoms with Gasteiger partial charge >= 0.3 is 12.1 Å². The second-order valence-corrected chi connectivity index (χ2v) is 12.1. The van der Waals surface area contributed by atoms with Crippen LogP contribution >= 0.6 is 0 Å². The van der Waals surface area contributed by atoms with Crippen molar-refractivity contribution in [2.45, 2.75) is 97.1 Å². The van der Waals surface area contributed by atoms with Crippen molar-refractivity contribution >= 4 is 29.8 Å². The Morgan fingerprint density at radius 1 is 0.951 bits per heavy atom. The fourth-order valence-corrected chi connectivity index (χ4v) is 5.16. The third-order valence-electron chi connectivity index (χ3n) is 7.02. The quantitative estimate of drug-likeness (QED) is 0.412. The first-order valence-corrected chi connectivity index (χ1v) is 14.4. The summed E-state index contributed by atoms with van der Waals surface area (Å²) in [6.45, 7) is 9.73. The molecule has 4 amide bonds. The van der Waals surface area contributed by atoms with Crippen LogP contribution in [0.2, 0.25) is 0 Å². The van der Waals surface area contributed by atoms with Gasteiger partial charge in [-0.25, -0.2) is 9.59 Å². The van der Waals surface area contributed by atoms with E-state index >= 15 is 0 Å². The number of nitrogens with one attached hydrogen (secondary N) is 2.